The second kappa shape index (κ2) is 9.50. The Kier molecular flexibility index (Phi) is 6.56. The molecule has 0 fully saturated rings. The van der Waals surface area contributed by atoms with Gasteiger partial charge in [0.2, 0.25) is 5.91 Å². The number of hydrogen-bond donors (Lipinski definition) is 2. The molecule has 8 heteroatoms. The van der Waals surface area contributed by atoms with Crippen LogP contribution in [-0.4, -0.2) is 45.9 Å². The summed E-state index contributed by atoms with van der Waals surface area (Å²) in [6.07, 6.45) is 4.67. The van der Waals surface area contributed by atoms with Crippen molar-refractivity contribution in [3.63, 3.8) is 0 Å². The van der Waals surface area contributed by atoms with Gasteiger partial charge in [-0.2, -0.15) is 5.10 Å². The lowest BCUT2D eigenvalue weighted by Crippen LogP contribution is -2.29. The van der Waals surface area contributed by atoms with Crippen molar-refractivity contribution in [3.05, 3.63) is 60.2 Å². The van der Waals surface area contributed by atoms with Crippen LogP contribution in [0.15, 0.2) is 48.8 Å². The number of aromatic nitrogens is 4. The molecule has 1 aromatic carbocycles. The summed E-state index contributed by atoms with van der Waals surface area (Å²) in [4.78, 5) is 20.7. The zero-order valence-electron chi connectivity index (χ0n) is 16.1. The van der Waals surface area contributed by atoms with E-state index in [1.54, 1.807) is 18.0 Å². The van der Waals surface area contributed by atoms with Gasteiger partial charge in [0.25, 0.3) is 0 Å². The van der Waals surface area contributed by atoms with Gasteiger partial charge in [0.15, 0.2) is 5.82 Å². The van der Waals surface area contributed by atoms with Crippen LogP contribution in [0.5, 0.6) is 5.75 Å². The zero-order chi connectivity index (χ0) is 19.8. The monoisotopic (exact) mass is 380 g/mol. The molecule has 8 nitrogen and oxygen atoms in total. The highest BCUT2D eigenvalue weighted by atomic mass is 16.5. The molecule has 28 heavy (non-hydrogen) atoms. The van der Waals surface area contributed by atoms with Gasteiger partial charge in [-0.15, -0.1) is 0 Å². The van der Waals surface area contributed by atoms with E-state index in [4.69, 9.17) is 4.74 Å². The summed E-state index contributed by atoms with van der Waals surface area (Å²) in [6.45, 7) is 2.92. The maximum atomic E-state index is 12.0. The number of nitrogens with zero attached hydrogens (tertiary/aromatic N) is 4. The quantitative estimate of drug-likeness (QED) is 0.553. The number of carbonyl (C=O) groups excluding carboxylic acids is 1. The Labute approximate surface area is 164 Å². The largest absolute Gasteiger partial charge is 0.497 e. The van der Waals surface area contributed by atoms with Crippen LogP contribution in [0.25, 0.3) is 5.82 Å². The van der Waals surface area contributed by atoms with E-state index in [2.05, 4.69) is 25.7 Å². The molecular weight excluding hydrogens is 356 g/mol. The molecule has 0 saturated carbocycles. The number of amides is 1. The molecule has 146 valence electrons. The van der Waals surface area contributed by atoms with Gasteiger partial charge in [0, 0.05) is 38.0 Å². The maximum Gasteiger partial charge on any atom is 0.220 e. The molecule has 0 aliphatic carbocycles. The molecule has 0 spiro atoms. The van der Waals surface area contributed by atoms with Crippen molar-refractivity contribution in [2.24, 2.45) is 0 Å². The Morgan fingerprint density at radius 2 is 2.00 bits per heavy atom. The standard InChI is InChI=1S/C20H24N6O2/c1-15-24-18(14-19(25-15)26-13-3-10-23-26)21-11-12-22-20(27)9-6-16-4-7-17(28-2)8-5-16/h3-5,7-8,10,13-14H,6,9,11-12H2,1-2H3,(H,22,27)(H,21,24,25). The Balaban J connectivity index is 1.41. The smallest absolute Gasteiger partial charge is 0.220 e. The normalized spacial score (nSPS) is 10.5. The van der Waals surface area contributed by atoms with Crippen LogP contribution in [0.2, 0.25) is 0 Å². The van der Waals surface area contributed by atoms with E-state index in [9.17, 15) is 4.79 Å². The number of rotatable bonds is 9. The Morgan fingerprint density at radius 1 is 1.18 bits per heavy atom. The first-order valence-corrected chi connectivity index (χ1v) is 9.13. The van der Waals surface area contributed by atoms with Crippen molar-refractivity contribution in [2.75, 3.05) is 25.5 Å². The lowest BCUT2D eigenvalue weighted by atomic mass is 10.1. The van der Waals surface area contributed by atoms with Gasteiger partial charge in [-0.1, -0.05) is 12.1 Å². The van der Waals surface area contributed by atoms with Crippen molar-refractivity contribution in [3.8, 4) is 11.6 Å². The Hall–Kier alpha value is -3.42. The Morgan fingerprint density at radius 3 is 2.71 bits per heavy atom. The average Bonchev–Trinajstić information content (AvgIpc) is 3.25. The number of carbonyl (C=O) groups is 1. The van der Waals surface area contributed by atoms with Crippen LogP contribution < -0.4 is 15.4 Å². The summed E-state index contributed by atoms with van der Waals surface area (Å²) >= 11 is 0. The molecule has 0 aliphatic rings. The average molecular weight is 380 g/mol. The minimum Gasteiger partial charge on any atom is -0.497 e. The predicted octanol–water partition coefficient (Wildman–Crippen LogP) is 2.14. The Bertz CT molecular complexity index is 894. The number of methoxy groups -OCH3 is 1. The third kappa shape index (κ3) is 5.54. The van der Waals surface area contributed by atoms with Crippen LogP contribution in [0.3, 0.4) is 0 Å². The fourth-order valence-corrected chi connectivity index (χ4v) is 2.70. The third-order valence-electron chi connectivity index (χ3n) is 4.12. The molecule has 0 atom stereocenters. The number of aryl methyl sites for hydroxylation is 2. The van der Waals surface area contributed by atoms with Crippen molar-refractivity contribution in [2.45, 2.75) is 19.8 Å². The summed E-state index contributed by atoms with van der Waals surface area (Å²) in [5.74, 6) is 2.89. The molecule has 0 aliphatic heterocycles. The van der Waals surface area contributed by atoms with Gasteiger partial charge >= 0.3 is 0 Å². The highest BCUT2D eigenvalue weighted by Gasteiger charge is 2.05. The minimum absolute atomic E-state index is 0.0220. The lowest BCUT2D eigenvalue weighted by Gasteiger charge is -2.10. The zero-order valence-corrected chi connectivity index (χ0v) is 16.1. The lowest BCUT2D eigenvalue weighted by molar-refractivity contribution is -0.120. The van der Waals surface area contributed by atoms with Crippen LogP contribution in [0.1, 0.15) is 17.8 Å². The van der Waals surface area contributed by atoms with E-state index in [0.29, 0.717) is 43.4 Å². The highest BCUT2D eigenvalue weighted by molar-refractivity contribution is 5.76. The van der Waals surface area contributed by atoms with E-state index in [-0.39, 0.29) is 5.91 Å². The molecule has 2 N–H and O–H groups in total. The third-order valence-corrected chi connectivity index (χ3v) is 4.12. The second-order valence-electron chi connectivity index (χ2n) is 6.23. The molecule has 0 bridgehead atoms. The molecule has 0 radical (unpaired) electrons. The molecule has 3 aromatic rings. The van der Waals surface area contributed by atoms with Crippen LogP contribution >= 0.6 is 0 Å². The number of nitrogens with one attached hydrogen (secondary N) is 2. The number of ether oxygens (including phenoxy) is 1. The van der Waals surface area contributed by atoms with E-state index in [1.165, 1.54) is 0 Å². The number of benzene rings is 1. The van der Waals surface area contributed by atoms with Gasteiger partial charge in [-0.25, -0.2) is 14.6 Å². The second-order valence-corrected chi connectivity index (χ2v) is 6.23. The first-order chi connectivity index (χ1) is 13.6. The molecule has 2 aromatic heterocycles. The van der Waals surface area contributed by atoms with Crippen molar-refractivity contribution in [1.82, 2.24) is 25.1 Å². The first-order valence-electron chi connectivity index (χ1n) is 9.13. The van der Waals surface area contributed by atoms with Crippen molar-refractivity contribution < 1.29 is 9.53 Å². The predicted molar refractivity (Wildman–Crippen MR) is 107 cm³/mol. The summed E-state index contributed by atoms with van der Waals surface area (Å²) in [7, 11) is 1.64. The summed E-state index contributed by atoms with van der Waals surface area (Å²) in [6, 6.07) is 11.4. The molecule has 2 heterocycles. The highest BCUT2D eigenvalue weighted by Crippen LogP contribution is 2.12. The van der Waals surface area contributed by atoms with Crippen LogP contribution in [0, 0.1) is 6.92 Å². The number of anilines is 1. The minimum atomic E-state index is 0.0220. The molecular formula is C20H24N6O2. The summed E-state index contributed by atoms with van der Waals surface area (Å²) in [5.41, 5.74) is 1.11. The first kappa shape index (κ1) is 19.3. The fourth-order valence-electron chi connectivity index (χ4n) is 2.70. The molecule has 0 unspecified atom stereocenters. The van der Waals surface area contributed by atoms with Crippen molar-refractivity contribution in [1.29, 1.82) is 0 Å². The van der Waals surface area contributed by atoms with Gasteiger partial charge in [-0.05, 0) is 37.1 Å². The van der Waals surface area contributed by atoms with E-state index >= 15 is 0 Å². The van der Waals surface area contributed by atoms with Crippen molar-refractivity contribution >= 4 is 11.7 Å². The van der Waals surface area contributed by atoms with Gasteiger partial charge in [-0.3, -0.25) is 4.79 Å². The molecule has 1 amide bonds. The SMILES string of the molecule is COc1ccc(CCC(=O)NCCNc2cc(-n3cccn3)nc(C)n2)cc1. The summed E-state index contributed by atoms with van der Waals surface area (Å²) in [5, 5.41) is 10.3. The fraction of sp³-hybridized carbons (Fsp3) is 0.300. The van der Waals surface area contributed by atoms with E-state index in [1.807, 2.05) is 49.5 Å². The van der Waals surface area contributed by atoms with E-state index in [0.717, 1.165) is 11.3 Å². The number of hydrogen-bond acceptors (Lipinski definition) is 6. The molecule has 3 rings (SSSR count). The van der Waals surface area contributed by atoms with Gasteiger partial charge in [0.1, 0.15) is 17.4 Å². The van der Waals surface area contributed by atoms with Crippen LogP contribution in [-0.2, 0) is 11.2 Å². The maximum absolute atomic E-state index is 12.0. The topological polar surface area (TPSA) is 94.0 Å². The van der Waals surface area contributed by atoms with Gasteiger partial charge < -0.3 is 15.4 Å². The molecule has 0 saturated heterocycles. The van der Waals surface area contributed by atoms with E-state index < -0.39 is 0 Å². The summed E-state index contributed by atoms with van der Waals surface area (Å²) < 4.78 is 6.81. The van der Waals surface area contributed by atoms with Gasteiger partial charge in [0.05, 0.1) is 7.11 Å². The van der Waals surface area contributed by atoms with Crippen LogP contribution in [0.4, 0.5) is 5.82 Å².